The van der Waals surface area contributed by atoms with Crippen molar-refractivity contribution in [2.45, 2.75) is 43.7 Å². The van der Waals surface area contributed by atoms with Crippen LogP contribution in [0.25, 0.3) is 0 Å². The fourth-order valence-corrected chi connectivity index (χ4v) is 5.45. The summed E-state index contributed by atoms with van der Waals surface area (Å²) in [6.07, 6.45) is 4.48. The van der Waals surface area contributed by atoms with Gasteiger partial charge in [0.05, 0.1) is 26.4 Å². The molecule has 172 valence electrons. The van der Waals surface area contributed by atoms with E-state index in [1.165, 1.54) is 0 Å². The van der Waals surface area contributed by atoms with E-state index < -0.39 is 5.60 Å². The summed E-state index contributed by atoms with van der Waals surface area (Å²) in [5, 5.41) is 15.1. The maximum absolute atomic E-state index is 13.0. The van der Waals surface area contributed by atoms with Crippen molar-refractivity contribution in [2.24, 2.45) is 5.92 Å². The Morgan fingerprint density at radius 2 is 1.94 bits per heavy atom. The van der Waals surface area contributed by atoms with Gasteiger partial charge in [-0.3, -0.25) is 9.69 Å². The molecule has 0 spiro atoms. The number of aliphatic hydroxyl groups is 1. The normalized spacial score (nSPS) is 25.6. The van der Waals surface area contributed by atoms with Crippen LogP contribution in [0.15, 0.2) is 42.5 Å². The summed E-state index contributed by atoms with van der Waals surface area (Å²) in [4.78, 5) is 15.1. The first kappa shape index (κ1) is 22.9. The molecule has 0 aromatic heterocycles. The van der Waals surface area contributed by atoms with E-state index >= 15 is 0 Å². The zero-order valence-corrected chi connectivity index (χ0v) is 19.4. The highest BCUT2D eigenvalue weighted by Gasteiger charge is 2.50. The number of hydrogen-bond donors (Lipinski definition) is 2. The van der Waals surface area contributed by atoms with Gasteiger partial charge in [0, 0.05) is 34.8 Å². The lowest BCUT2D eigenvalue weighted by molar-refractivity contribution is -0.135. The molecule has 32 heavy (non-hydrogen) atoms. The summed E-state index contributed by atoms with van der Waals surface area (Å²) in [6, 6.07) is 12.7. The first-order valence-corrected chi connectivity index (χ1v) is 11.5. The van der Waals surface area contributed by atoms with E-state index in [-0.39, 0.29) is 24.4 Å². The predicted octanol–water partition coefficient (Wildman–Crippen LogP) is 4.66. The van der Waals surface area contributed by atoms with Gasteiger partial charge >= 0.3 is 0 Å². The standard InChI is InChI=1S/C25H31ClN2O4/c1-31-19-10-11-22(32-2)20(15-19)24-21-5-3-4-12-25(21,30)13-14-28(24)16-23(29)27-18-8-6-17(26)7-9-18/h6-11,15,21,24,30H,3-5,12-14,16H2,1-2H3,(H,27,29)/t21-,24-,25-/m1/s1. The molecule has 0 unspecified atom stereocenters. The molecular formula is C25H31ClN2O4. The van der Waals surface area contributed by atoms with Gasteiger partial charge < -0.3 is 19.9 Å². The minimum absolute atomic E-state index is 0.0225. The van der Waals surface area contributed by atoms with Crippen molar-refractivity contribution in [3.63, 3.8) is 0 Å². The Morgan fingerprint density at radius 1 is 1.16 bits per heavy atom. The van der Waals surface area contributed by atoms with Crippen molar-refractivity contribution in [3.05, 3.63) is 53.1 Å². The average molecular weight is 459 g/mol. The number of rotatable bonds is 6. The van der Waals surface area contributed by atoms with Gasteiger partial charge in [-0.1, -0.05) is 24.4 Å². The van der Waals surface area contributed by atoms with Crippen LogP contribution >= 0.6 is 11.6 Å². The molecule has 1 aliphatic carbocycles. The first-order valence-electron chi connectivity index (χ1n) is 11.2. The summed E-state index contributed by atoms with van der Waals surface area (Å²) in [5.74, 6) is 1.40. The third-order valence-electron chi connectivity index (χ3n) is 6.90. The highest BCUT2D eigenvalue weighted by molar-refractivity contribution is 6.30. The minimum atomic E-state index is -0.722. The number of nitrogens with one attached hydrogen (secondary N) is 1. The predicted molar refractivity (Wildman–Crippen MR) is 125 cm³/mol. The molecule has 1 saturated heterocycles. The SMILES string of the molecule is COc1ccc(OC)c([C@@H]2[C@H]3CCCC[C@@]3(O)CCN2CC(=O)Nc2ccc(Cl)cc2)c1. The Labute approximate surface area is 194 Å². The van der Waals surface area contributed by atoms with E-state index in [2.05, 4.69) is 10.2 Å². The lowest BCUT2D eigenvalue weighted by atomic mass is 9.66. The average Bonchev–Trinajstić information content (AvgIpc) is 2.80. The lowest BCUT2D eigenvalue weighted by Gasteiger charge is -2.52. The number of ether oxygens (including phenoxy) is 2. The van der Waals surface area contributed by atoms with Gasteiger partial charge in [0.25, 0.3) is 0 Å². The molecule has 2 N–H and O–H groups in total. The Kier molecular flexibility index (Phi) is 6.93. The van der Waals surface area contributed by atoms with Crippen LogP contribution in [0.4, 0.5) is 5.69 Å². The largest absolute Gasteiger partial charge is 0.497 e. The fraction of sp³-hybridized carbons (Fsp3) is 0.480. The number of fused-ring (bicyclic) bond motifs is 1. The van der Waals surface area contributed by atoms with Crippen LogP contribution < -0.4 is 14.8 Å². The number of anilines is 1. The van der Waals surface area contributed by atoms with Gasteiger partial charge in [-0.2, -0.15) is 0 Å². The van der Waals surface area contributed by atoms with Crippen molar-refractivity contribution in [1.29, 1.82) is 0 Å². The summed E-state index contributed by atoms with van der Waals surface area (Å²) in [7, 11) is 3.29. The summed E-state index contributed by atoms with van der Waals surface area (Å²) >= 11 is 5.96. The molecule has 2 aromatic rings. The zero-order chi connectivity index (χ0) is 22.7. The van der Waals surface area contributed by atoms with Gasteiger partial charge in [0.1, 0.15) is 11.5 Å². The van der Waals surface area contributed by atoms with E-state index in [4.69, 9.17) is 21.1 Å². The molecule has 2 aliphatic rings. The van der Waals surface area contributed by atoms with Crippen LogP contribution in [-0.2, 0) is 4.79 Å². The highest BCUT2D eigenvalue weighted by Crippen LogP contribution is 2.51. The quantitative estimate of drug-likeness (QED) is 0.658. The number of amides is 1. The van der Waals surface area contributed by atoms with Crippen LogP contribution in [0, 0.1) is 5.92 Å². The monoisotopic (exact) mass is 458 g/mol. The number of carbonyl (C=O) groups is 1. The van der Waals surface area contributed by atoms with Crippen molar-refractivity contribution >= 4 is 23.2 Å². The number of likely N-dealkylation sites (tertiary alicyclic amines) is 1. The number of hydrogen-bond acceptors (Lipinski definition) is 5. The molecule has 6 nitrogen and oxygen atoms in total. The minimum Gasteiger partial charge on any atom is -0.497 e. The molecular weight excluding hydrogens is 428 g/mol. The van der Waals surface area contributed by atoms with Crippen LogP contribution in [0.3, 0.4) is 0 Å². The smallest absolute Gasteiger partial charge is 0.238 e. The topological polar surface area (TPSA) is 71.0 Å². The van der Waals surface area contributed by atoms with E-state index in [9.17, 15) is 9.90 Å². The molecule has 3 atom stereocenters. The zero-order valence-electron chi connectivity index (χ0n) is 18.6. The number of benzene rings is 2. The van der Waals surface area contributed by atoms with Gasteiger partial charge in [0.2, 0.25) is 5.91 Å². The second-order valence-electron chi connectivity index (χ2n) is 8.78. The molecule has 4 rings (SSSR count). The summed E-state index contributed by atoms with van der Waals surface area (Å²) in [6.45, 7) is 0.853. The Balaban J connectivity index is 1.64. The molecule has 2 aromatic carbocycles. The van der Waals surface area contributed by atoms with Crippen LogP contribution in [-0.4, -0.2) is 48.8 Å². The van der Waals surface area contributed by atoms with Gasteiger partial charge in [-0.15, -0.1) is 0 Å². The number of carbonyl (C=O) groups excluding carboxylic acids is 1. The van der Waals surface area contributed by atoms with Gasteiger partial charge in [-0.05, 0) is 61.7 Å². The van der Waals surface area contributed by atoms with E-state index in [0.29, 0.717) is 23.7 Å². The van der Waals surface area contributed by atoms with Crippen molar-refractivity contribution in [3.8, 4) is 11.5 Å². The van der Waals surface area contributed by atoms with E-state index in [1.54, 1.807) is 38.5 Å². The van der Waals surface area contributed by atoms with Crippen LogP contribution in [0.2, 0.25) is 5.02 Å². The molecule has 0 bridgehead atoms. The van der Waals surface area contributed by atoms with Crippen molar-refractivity contribution < 1.29 is 19.4 Å². The van der Waals surface area contributed by atoms with Crippen molar-refractivity contribution in [2.75, 3.05) is 32.6 Å². The number of halogens is 1. The molecule has 2 fully saturated rings. The summed E-state index contributed by atoms with van der Waals surface area (Å²) in [5.41, 5.74) is 0.942. The van der Waals surface area contributed by atoms with Crippen molar-refractivity contribution in [1.82, 2.24) is 4.90 Å². The second kappa shape index (κ2) is 9.69. The van der Waals surface area contributed by atoms with Crippen LogP contribution in [0.1, 0.15) is 43.7 Å². The molecule has 1 amide bonds. The van der Waals surface area contributed by atoms with Gasteiger partial charge in [0.15, 0.2) is 0 Å². The Bertz CT molecular complexity index is 951. The fourth-order valence-electron chi connectivity index (χ4n) is 5.32. The third kappa shape index (κ3) is 4.72. The lowest BCUT2D eigenvalue weighted by Crippen LogP contribution is -2.56. The maximum Gasteiger partial charge on any atom is 0.238 e. The van der Waals surface area contributed by atoms with Gasteiger partial charge in [-0.25, -0.2) is 0 Å². The maximum atomic E-state index is 13.0. The number of methoxy groups -OCH3 is 2. The molecule has 7 heteroatoms. The van der Waals surface area contributed by atoms with E-state index in [0.717, 1.165) is 42.7 Å². The molecule has 1 saturated carbocycles. The highest BCUT2D eigenvalue weighted by atomic mass is 35.5. The summed E-state index contributed by atoms with van der Waals surface area (Å²) < 4.78 is 11.2. The Hall–Kier alpha value is -2.28. The van der Waals surface area contributed by atoms with E-state index in [1.807, 2.05) is 18.2 Å². The molecule has 0 radical (unpaired) electrons. The van der Waals surface area contributed by atoms with Crippen LogP contribution in [0.5, 0.6) is 11.5 Å². The number of piperidine rings is 1. The first-order chi connectivity index (χ1) is 15.4. The third-order valence-corrected chi connectivity index (χ3v) is 7.15. The Morgan fingerprint density at radius 3 is 2.66 bits per heavy atom. The second-order valence-corrected chi connectivity index (χ2v) is 9.22. The molecule has 1 heterocycles. The molecule has 1 aliphatic heterocycles. The number of nitrogens with zero attached hydrogens (tertiary/aromatic N) is 1.